The van der Waals surface area contributed by atoms with E-state index in [1.54, 1.807) is 0 Å². The van der Waals surface area contributed by atoms with Gasteiger partial charge in [-0.1, -0.05) is 36.7 Å². The number of carbonyl (C=O) groups excluding carboxylic acids is 1. The summed E-state index contributed by atoms with van der Waals surface area (Å²) in [7, 11) is 1.39. The third-order valence-corrected chi connectivity index (χ3v) is 4.30. The second-order valence-corrected chi connectivity index (χ2v) is 6.56. The van der Waals surface area contributed by atoms with Gasteiger partial charge in [0.15, 0.2) is 11.5 Å². The Bertz CT molecular complexity index is 858. The normalized spacial score (nSPS) is 12.4. The molecule has 0 aliphatic carbocycles. The fraction of sp³-hybridized carbons (Fsp3) is 0.350. The number of carbonyl (C=O) groups is 1. The zero-order chi connectivity index (χ0) is 21.6. The molecule has 0 heterocycles. The first-order chi connectivity index (χ1) is 13.7. The molecule has 2 N–H and O–H groups in total. The van der Waals surface area contributed by atoms with Gasteiger partial charge >= 0.3 is 6.18 Å². The molecule has 0 bridgehead atoms. The number of hydrogen-bond donors (Lipinski definition) is 2. The Morgan fingerprint density at radius 3 is 2.59 bits per heavy atom. The average molecular weight is 432 g/mol. The van der Waals surface area contributed by atoms with Crippen LogP contribution in [-0.2, 0) is 6.18 Å². The molecular formula is C20H21ClF3NO4. The number of hydrogen-bond acceptors (Lipinski definition) is 4. The standard InChI is InChI=1S/C20H21ClF3NO4/c1-3-8-29-18-15(21)9-12(10-17(18)28-2)19(27)25-11-16(26)13-6-4-5-7-14(13)20(22,23)24/h4-7,9-10,16,26H,3,8,11H2,1-2H3,(H,25,27). The van der Waals surface area contributed by atoms with E-state index in [0.717, 1.165) is 12.5 Å². The molecule has 0 aromatic heterocycles. The Morgan fingerprint density at radius 1 is 1.28 bits per heavy atom. The summed E-state index contributed by atoms with van der Waals surface area (Å²) in [6, 6.07) is 7.42. The van der Waals surface area contributed by atoms with E-state index in [-0.39, 0.29) is 21.9 Å². The Labute approximate surface area is 171 Å². The van der Waals surface area contributed by atoms with E-state index in [9.17, 15) is 23.1 Å². The second kappa shape index (κ2) is 9.84. The van der Waals surface area contributed by atoms with Gasteiger partial charge in [0.25, 0.3) is 5.91 Å². The largest absolute Gasteiger partial charge is 0.493 e. The Morgan fingerprint density at radius 2 is 1.97 bits per heavy atom. The SMILES string of the molecule is CCCOc1c(Cl)cc(C(=O)NCC(O)c2ccccc2C(F)(F)F)cc1OC. The van der Waals surface area contributed by atoms with Gasteiger partial charge < -0.3 is 19.9 Å². The first-order valence-electron chi connectivity index (χ1n) is 8.81. The third-order valence-electron chi connectivity index (χ3n) is 4.02. The average Bonchev–Trinajstić information content (AvgIpc) is 2.69. The number of amides is 1. The molecular weight excluding hydrogens is 411 g/mol. The minimum absolute atomic E-state index is 0.118. The predicted molar refractivity (Wildman–Crippen MR) is 103 cm³/mol. The molecule has 0 saturated heterocycles. The van der Waals surface area contributed by atoms with Crippen LogP contribution in [0.1, 0.15) is 40.9 Å². The number of methoxy groups -OCH3 is 1. The van der Waals surface area contributed by atoms with Crippen molar-refractivity contribution in [3.05, 3.63) is 58.1 Å². The topological polar surface area (TPSA) is 67.8 Å². The molecule has 2 aromatic carbocycles. The molecule has 2 aromatic rings. The third kappa shape index (κ3) is 5.77. The molecule has 0 aliphatic heterocycles. The molecule has 1 amide bonds. The summed E-state index contributed by atoms with van der Waals surface area (Å²) < 4.78 is 50.0. The first kappa shape index (κ1) is 22.8. The highest BCUT2D eigenvalue weighted by atomic mass is 35.5. The molecule has 5 nitrogen and oxygen atoms in total. The summed E-state index contributed by atoms with van der Waals surface area (Å²) in [5, 5.41) is 12.7. The van der Waals surface area contributed by atoms with Crippen molar-refractivity contribution in [3.8, 4) is 11.5 Å². The lowest BCUT2D eigenvalue weighted by Crippen LogP contribution is -2.29. The summed E-state index contributed by atoms with van der Waals surface area (Å²) in [6.07, 6.45) is -5.41. The maximum absolute atomic E-state index is 13.1. The van der Waals surface area contributed by atoms with Crippen molar-refractivity contribution in [1.29, 1.82) is 0 Å². The highest BCUT2D eigenvalue weighted by Gasteiger charge is 2.34. The van der Waals surface area contributed by atoms with Crippen molar-refractivity contribution in [2.45, 2.75) is 25.6 Å². The number of rotatable bonds is 8. The molecule has 158 valence electrons. The number of benzene rings is 2. The maximum Gasteiger partial charge on any atom is 0.416 e. The highest BCUT2D eigenvalue weighted by Crippen LogP contribution is 2.37. The summed E-state index contributed by atoms with van der Waals surface area (Å²) in [5.74, 6) is -0.0819. The lowest BCUT2D eigenvalue weighted by Gasteiger charge is -2.18. The zero-order valence-corrected chi connectivity index (χ0v) is 16.6. The van der Waals surface area contributed by atoms with Crippen LogP contribution < -0.4 is 14.8 Å². The lowest BCUT2D eigenvalue weighted by molar-refractivity contribution is -0.139. The van der Waals surface area contributed by atoms with Crippen molar-refractivity contribution >= 4 is 17.5 Å². The molecule has 1 unspecified atom stereocenters. The van der Waals surface area contributed by atoms with E-state index >= 15 is 0 Å². The van der Waals surface area contributed by atoms with E-state index in [2.05, 4.69) is 5.32 Å². The quantitative estimate of drug-likeness (QED) is 0.640. The predicted octanol–water partition coefficient (Wildman–Crippen LogP) is 4.62. The van der Waals surface area contributed by atoms with Crippen molar-refractivity contribution in [2.75, 3.05) is 20.3 Å². The van der Waals surface area contributed by atoms with Crippen LogP contribution in [-0.4, -0.2) is 31.3 Å². The highest BCUT2D eigenvalue weighted by molar-refractivity contribution is 6.32. The molecule has 1 atom stereocenters. The lowest BCUT2D eigenvalue weighted by atomic mass is 10.0. The molecule has 0 aliphatic rings. The number of aliphatic hydroxyl groups excluding tert-OH is 1. The number of halogens is 4. The maximum atomic E-state index is 13.1. The van der Waals surface area contributed by atoms with Gasteiger partial charge in [-0.2, -0.15) is 13.2 Å². The summed E-state index contributed by atoms with van der Waals surface area (Å²) in [4.78, 5) is 12.4. The molecule has 29 heavy (non-hydrogen) atoms. The van der Waals surface area contributed by atoms with Crippen LogP contribution in [0.2, 0.25) is 5.02 Å². The van der Waals surface area contributed by atoms with Gasteiger partial charge in [0.1, 0.15) is 0 Å². The molecule has 0 spiro atoms. The van der Waals surface area contributed by atoms with Gasteiger partial charge in [-0.3, -0.25) is 4.79 Å². The van der Waals surface area contributed by atoms with Gasteiger partial charge in [-0.25, -0.2) is 0 Å². The second-order valence-electron chi connectivity index (χ2n) is 6.15. The molecule has 9 heteroatoms. The van der Waals surface area contributed by atoms with Gasteiger partial charge in [0.05, 0.1) is 30.4 Å². The number of alkyl halides is 3. The van der Waals surface area contributed by atoms with Crippen LogP contribution >= 0.6 is 11.6 Å². The van der Waals surface area contributed by atoms with Crippen molar-refractivity contribution in [3.63, 3.8) is 0 Å². The molecule has 0 fully saturated rings. The van der Waals surface area contributed by atoms with Gasteiger partial charge in [-0.05, 0) is 30.2 Å². The van der Waals surface area contributed by atoms with E-state index in [1.165, 1.54) is 37.4 Å². The van der Waals surface area contributed by atoms with E-state index in [0.29, 0.717) is 12.4 Å². The van der Waals surface area contributed by atoms with Crippen LogP contribution in [0.15, 0.2) is 36.4 Å². The van der Waals surface area contributed by atoms with Crippen LogP contribution in [0.3, 0.4) is 0 Å². The van der Waals surface area contributed by atoms with Crippen LogP contribution in [0, 0.1) is 0 Å². The monoisotopic (exact) mass is 431 g/mol. The van der Waals surface area contributed by atoms with Crippen molar-refractivity contribution < 1.29 is 32.5 Å². The molecule has 0 saturated carbocycles. The number of aliphatic hydroxyl groups is 1. The van der Waals surface area contributed by atoms with E-state index in [4.69, 9.17) is 21.1 Å². The number of ether oxygens (including phenoxy) is 2. The summed E-state index contributed by atoms with van der Waals surface area (Å²) in [5.41, 5.74) is -1.16. The summed E-state index contributed by atoms with van der Waals surface area (Å²) >= 11 is 6.16. The van der Waals surface area contributed by atoms with E-state index < -0.39 is 30.3 Å². The van der Waals surface area contributed by atoms with Crippen molar-refractivity contribution in [1.82, 2.24) is 5.32 Å². The minimum Gasteiger partial charge on any atom is -0.493 e. The first-order valence-corrected chi connectivity index (χ1v) is 9.19. The molecule has 0 radical (unpaired) electrons. The van der Waals surface area contributed by atoms with Crippen LogP contribution in [0.25, 0.3) is 0 Å². The molecule has 2 rings (SSSR count). The van der Waals surface area contributed by atoms with E-state index in [1.807, 2.05) is 6.92 Å². The van der Waals surface area contributed by atoms with Crippen LogP contribution in [0.5, 0.6) is 11.5 Å². The minimum atomic E-state index is -4.61. The zero-order valence-electron chi connectivity index (χ0n) is 15.8. The fourth-order valence-corrected chi connectivity index (χ4v) is 2.91. The Hall–Kier alpha value is -2.45. The van der Waals surface area contributed by atoms with Crippen molar-refractivity contribution in [2.24, 2.45) is 0 Å². The smallest absolute Gasteiger partial charge is 0.416 e. The van der Waals surface area contributed by atoms with Gasteiger partial charge in [-0.15, -0.1) is 0 Å². The van der Waals surface area contributed by atoms with Crippen LogP contribution in [0.4, 0.5) is 13.2 Å². The van der Waals surface area contributed by atoms with Gasteiger partial charge in [0.2, 0.25) is 0 Å². The fourth-order valence-electron chi connectivity index (χ4n) is 2.64. The Kier molecular flexibility index (Phi) is 7.75. The Balaban J connectivity index is 2.15. The number of nitrogens with one attached hydrogen (secondary N) is 1. The van der Waals surface area contributed by atoms with Gasteiger partial charge in [0, 0.05) is 12.1 Å². The summed E-state index contributed by atoms with van der Waals surface area (Å²) in [6.45, 7) is 1.91.